The molecule has 4 rings (SSSR count). The normalized spacial score (nSPS) is 18.6. The molecule has 2 atom stereocenters. The van der Waals surface area contributed by atoms with Crippen LogP contribution in [0, 0.1) is 0 Å². The van der Waals surface area contributed by atoms with E-state index in [2.05, 4.69) is 34.2 Å². The molecule has 162 valence electrons. The third-order valence-electron chi connectivity index (χ3n) is 4.78. The van der Waals surface area contributed by atoms with E-state index in [1.54, 1.807) is 12.1 Å². The third kappa shape index (κ3) is 5.34. The lowest BCUT2D eigenvalue weighted by atomic mass is 10.2. The van der Waals surface area contributed by atoms with Gasteiger partial charge in [-0.2, -0.15) is 4.98 Å². The number of ether oxygens (including phenoxy) is 2. The zero-order valence-electron chi connectivity index (χ0n) is 17.2. The van der Waals surface area contributed by atoms with E-state index in [-0.39, 0.29) is 30.8 Å². The van der Waals surface area contributed by atoms with Gasteiger partial charge in [-0.15, -0.1) is 0 Å². The van der Waals surface area contributed by atoms with E-state index in [1.165, 1.54) is 0 Å². The molecule has 1 saturated heterocycles. The van der Waals surface area contributed by atoms with Gasteiger partial charge in [0, 0.05) is 30.0 Å². The van der Waals surface area contributed by atoms with Crippen LogP contribution in [0.3, 0.4) is 0 Å². The number of amides is 1. The van der Waals surface area contributed by atoms with Crippen molar-refractivity contribution in [3.63, 3.8) is 0 Å². The fourth-order valence-electron chi connectivity index (χ4n) is 3.49. The number of morpholine rings is 1. The van der Waals surface area contributed by atoms with Crippen LogP contribution in [0.5, 0.6) is 6.08 Å². The van der Waals surface area contributed by atoms with Gasteiger partial charge in [0.05, 0.1) is 17.2 Å². The van der Waals surface area contributed by atoms with E-state index in [0.29, 0.717) is 22.1 Å². The molecular formula is C22H23ClN4O4. The van der Waals surface area contributed by atoms with Gasteiger partial charge in [0.2, 0.25) is 5.82 Å². The molecule has 9 heteroatoms. The molecule has 0 radical (unpaired) electrons. The van der Waals surface area contributed by atoms with E-state index >= 15 is 0 Å². The summed E-state index contributed by atoms with van der Waals surface area (Å²) in [5, 5.41) is 7.12. The van der Waals surface area contributed by atoms with Gasteiger partial charge in [-0.25, -0.2) is 0 Å². The maximum absolute atomic E-state index is 12.2. The fraction of sp³-hybridized carbons (Fsp3) is 0.318. The number of carbonyl (C=O) groups excluding carboxylic acids is 1. The van der Waals surface area contributed by atoms with Crippen LogP contribution in [0.15, 0.2) is 53.1 Å². The number of aromatic nitrogens is 2. The van der Waals surface area contributed by atoms with Crippen molar-refractivity contribution in [2.75, 3.05) is 29.9 Å². The molecule has 0 spiro atoms. The first kappa shape index (κ1) is 21.1. The SMILES string of the molecule is CC1CN(c2ccc(NC(=O)COc3nc(-c4ccccc4Cl)no3)cc2)CC(C)O1. The second kappa shape index (κ2) is 9.36. The molecule has 1 N–H and O–H groups in total. The molecule has 0 saturated carbocycles. The Balaban J connectivity index is 1.30. The lowest BCUT2D eigenvalue weighted by molar-refractivity contribution is -0.118. The van der Waals surface area contributed by atoms with Gasteiger partial charge in [-0.1, -0.05) is 28.9 Å². The van der Waals surface area contributed by atoms with Gasteiger partial charge in [0.25, 0.3) is 5.91 Å². The highest BCUT2D eigenvalue weighted by Gasteiger charge is 2.22. The number of benzene rings is 2. The van der Waals surface area contributed by atoms with E-state index in [1.807, 2.05) is 36.4 Å². The van der Waals surface area contributed by atoms with Gasteiger partial charge in [-0.05, 0) is 50.2 Å². The lowest BCUT2D eigenvalue weighted by Gasteiger charge is -2.36. The zero-order chi connectivity index (χ0) is 21.8. The van der Waals surface area contributed by atoms with Crippen molar-refractivity contribution >= 4 is 28.9 Å². The van der Waals surface area contributed by atoms with Crippen LogP contribution >= 0.6 is 11.6 Å². The Kier molecular flexibility index (Phi) is 6.39. The van der Waals surface area contributed by atoms with Crippen molar-refractivity contribution in [3.8, 4) is 17.5 Å². The van der Waals surface area contributed by atoms with Crippen molar-refractivity contribution in [1.29, 1.82) is 0 Å². The van der Waals surface area contributed by atoms with Crippen molar-refractivity contribution in [2.45, 2.75) is 26.1 Å². The lowest BCUT2D eigenvalue weighted by Crippen LogP contribution is -2.45. The summed E-state index contributed by atoms with van der Waals surface area (Å²) in [6, 6.07) is 14.8. The van der Waals surface area contributed by atoms with Gasteiger partial charge in [0.1, 0.15) is 0 Å². The van der Waals surface area contributed by atoms with Crippen LogP contribution in [0.25, 0.3) is 11.4 Å². The maximum Gasteiger partial charge on any atom is 0.418 e. The predicted octanol–water partition coefficient (Wildman–Crippen LogP) is 4.02. The first-order chi connectivity index (χ1) is 15.0. The molecule has 31 heavy (non-hydrogen) atoms. The van der Waals surface area contributed by atoms with Crippen molar-refractivity contribution in [3.05, 3.63) is 53.6 Å². The largest absolute Gasteiger partial charge is 0.439 e. The van der Waals surface area contributed by atoms with Gasteiger partial charge in [0.15, 0.2) is 6.61 Å². The van der Waals surface area contributed by atoms with Crippen LogP contribution in [0.1, 0.15) is 13.8 Å². The third-order valence-corrected chi connectivity index (χ3v) is 5.11. The summed E-state index contributed by atoms with van der Waals surface area (Å²) in [6.07, 6.45) is 0.266. The summed E-state index contributed by atoms with van der Waals surface area (Å²) in [5.74, 6) is -0.0396. The van der Waals surface area contributed by atoms with Gasteiger partial charge >= 0.3 is 6.08 Å². The predicted molar refractivity (Wildman–Crippen MR) is 118 cm³/mol. The number of halogens is 1. The van der Waals surface area contributed by atoms with Crippen LogP contribution in [-0.2, 0) is 9.53 Å². The first-order valence-corrected chi connectivity index (χ1v) is 10.4. The quantitative estimate of drug-likeness (QED) is 0.616. The Morgan fingerprint density at radius 3 is 2.58 bits per heavy atom. The number of rotatable bonds is 6. The highest BCUT2D eigenvalue weighted by molar-refractivity contribution is 6.33. The van der Waals surface area contributed by atoms with Crippen molar-refractivity contribution in [1.82, 2.24) is 10.1 Å². The molecule has 1 aliphatic heterocycles. The minimum Gasteiger partial charge on any atom is -0.439 e. The maximum atomic E-state index is 12.2. The molecule has 2 aromatic carbocycles. The second-order valence-corrected chi connectivity index (χ2v) is 7.82. The summed E-state index contributed by atoms with van der Waals surface area (Å²) < 4.78 is 16.1. The van der Waals surface area contributed by atoms with E-state index in [0.717, 1.165) is 18.8 Å². The number of hydrogen-bond donors (Lipinski definition) is 1. The molecule has 3 aromatic rings. The molecule has 2 unspecified atom stereocenters. The van der Waals surface area contributed by atoms with Gasteiger partial charge in [-0.3, -0.25) is 9.32 Å². The highest BCUT2D eigenvalue weighted by Crippen LogP contribution is 2.26. The summed E-state index contributed by atoms with van der Waals surface area (Å²) in [6.45, 7) is 5.55. The number of anilines is 2. The molecule has 1 fully saturated rings. The average Bonchev–Trinajstić information content (AvgIpc) is 3.21. The van der Waals surface area contributed by atoms with Crippen LogP contribution in [0.2, 0.25) is 5.02 Å². The number of nitrogens with one attached hydrogen (secondary N) is 1. The summed E-state index contributed by atoms with van der Waals surface area (Å²) in [7, 11) is 0. The van der Waals surface area contributed by atoms with Crippen molar-refractivity contribution < 1.29 is 18.8 Å². The molecule has 8 nitrogen and oxygen atoms in total. The van der Waals surface area contributed by atoms with Crippen LogP contribution in [0.4, 0.5) is 11.4 Å². The Morgan fingerprint density at radius 1 is 1.16 bits per heavy atom. The minimum atomic E-state index is -0.334. The summed E-state index contributed by atoms with van der Waals surface area (Å²) in [4.78, 5) is 18.6. The Hall–Kier alpha value is -3.10. The second-order valence-electron chi connectivity index (χ2n) is 7.41. The zero-order valence-corrected chi connectivity index (χ0v) is 18.0. The molecule has 2 heterocycles. The summed E-state index contributed by atoms with van der Waals surface area (Å²) >= 11 is 6.12. The standard InChI is InChI=1S/C22H23ClN4O4/c1-14-11-27(12-15(2)30-14)17-9-7-16(8-10-17)24-20(28)13-29-22-25-21(26-31-22)18-5-3-4-6-19(18)23/h3-10,14-15H,11-13H2,1-2H3,(H,24,28). The molecule has 1 aliphatic rings. The fourth-order valence-corrected chi connectivity index (χ4v) is 3.71. The van der Waals surface area contributed by atoms with E-state index in [4.69, 9.17) is 25.6 Å². The van der Waals surface area contributed by atoms with Gasteiger partial charge < -0.3 is 19.7 Å². The molecule has 0 aliphatic carbocycles. The Labute approximate surface area is 185 Å². The minimum absolute atomic E-state index is 0.101. The summed E-state index contributed by atoms with van der Waals surface area (Å²) in [5.41, 5.74) is 2.39. The number of carbonyl (C=O) groups is 1. The van der Waals surface area contributed by atoms with Crippen molar-refractivity contribution in [2.24, 2.45) is 0 Å². The van der Waals surface area contributed by atoms with Crippen LogP contribution in [-0.4, -0.2) is 48.0 Å². The average molecular weight is 443 g/mol. The van der Waals surface area contributed by atoms with E-state index < -0.39 is 0 Å². The highest BCUT2D eigenvalue weighted by atomic mass is 35.5. The molecule has 0 bridgehead atoms. The number of hydrogen-bond acceptors (Lipinski definition) is 7. The molecular weight excluding hydrogens is 420 g/mol. The van der Waals surface area contributed by atoms with E-state index in [9.17, 15) is 4.79 Å². The monoisotopic (exact) mass is 442 g/mol. The molecule has 1 aromatic heterocycles. The number of nitrogens with zero attached hydrogens (tertiary/aromatic N) is 3. The topological polar surface area (TPSA) is 89.7 Å². The first-order valence-electron chi connectivity index (χ1n) is 9.99. The Bertz CT molecular complexity index is 1030. The molecule has 1 amide bonds. The Morgan fingerprint density at radius 2 is 1.87 bits per heavy atom. The smallest absolute Gasteiger partial charge is 0.418 e. The van der Waals surface area contributed by atoms with Crippen LogP contribution < -0.4 is 15.0 Å².